The molecule has 9 nitrogen and oxygen atoms in total. The molecule has 31 heavy (non-hydrogen) atoms. The molecule has 1 aliphatic heterocycles. The summed E-state index contributed by atoms with van der Waals surface area (Å²) >= 11 is 0. The Bertz CT molecular complexity index is 1300. The second kappa shape index (κ2) is 8.60. The minimum atomic E-state index is -3.87. The summed E-state index contributed by atoms with van der Waals surface area (Å²) in [6, 6.07) is 4.95. The van der Waals surface area contributed by atoms with Gasteiger partial charge in [-0.05, 0) is 50.4 Å². The van der Waals surface area contributed by atoms with Crippen molar-refractivity contribution in [3.63, 3.8) is 0 Å². The summed E-state index contributed by atoms with van der Waals surface area (Å²) in [6.07, 6.45) is 0.663. The Morgan fingerprint density at radius 3 is 2.68 bits per heavy atom. The van der Waals surface area contributed by atoms with Crippen molar-refractivity contribution in [1.29, 1.82) is 0 Å². The van der Waals surface area contributed by atoms with Gasteiger partial charge in [0.15, 0.2) is 20.2 Å². The van der Waals surface area contributed by atoms with Gasteiger partial charge in [0.25, 0.3) is 5.91 Å². The van der Waals surface area contributed by atoms with Crippen LogP contribution in [0, 0.1) is 29.6 Å². The van der Waals surface area contributed by atoms with E-state index in [9.17, 15) is 18.0 Å². The Hall–Kier alpha value is -3.05. The Morgan fingerprint density at radius 2 is 2.06 bits per heavy atom. The standard InChI is InChI=1S/C21H23N3O6S/c1-21(19(25)22-27,31(3,28)29)10-11-24-17-9-8-15(12-18(17)30-20(24)26)6-4-5-7-16-13-23(2)14-16/h8-9,12,16,27H,10-11,13-14H2,1-3H3,(H,22,25). The van der Waals surface area contributed by atoms with Gasteiger partial charge >= 0.3 is 5.76 Å². The van der Waals surface area contributed by atoms with Gasteiger partial charge in [-0.1, -0.05) is 11.8 Å². The van der Waals surface area contributed by atoms with Gasteiger partial charge in [-0.3, -0.25) is 14.6 Å². The number of likely N-dealkylation sites (tertiary alicyclic amines) is 1. The number of nitrogens with zero attached hydrogens (tertiary/aromatic N) is 2. The fourth-order valence-corrected chi connectivity index (χ4v) is 4.14. The van der Waals surface area contributed by atoms with Crippen molar-refractivity contribution in [3.05, 3.63) is 34.3 Å². The zero-order valence-electron chi connectivity index (χ0n) is 17.4. The molecule has 10 heteroatoms. The van der Waals surface area contributed by atoms with E-state index in [1.54, 1.807) is 18.2 Å². The van der Waals surface area contributed by atoms with E-state index in [2.05, 4.69) is 28.6 Å². The highest BCUT2D eigenvalue weighted by atomic mass is 32.2. The fraction of sp³-hybridized carbons (Fsp3) is 0.429. The molecular formula is C21H23N3O6S. The maximum Gasteiger partial charge on any atom is 0.419 e. The molecule has 164 valence electrons. The van der Waals surface area contributed by atoms with Crippen molar-refractivity contribution in [2.75, 3.05) is 26.4 Å². The average molecular weight is 445 g/mol. The number of carbonyl (C=O) groups excluding carboxylic acids is 1. The topological polar surface area (TPSA) is 122 Å². The maximum atomic E-state index is 12.3. The highest BCUT2D eigenvalue weighted by molar-refractivity contribution is 7.92. The second-order valence-corrected chi connectivity index (χ2v) is 10.3. The van der Waals surface area contributed by atoms with Crippen LogP contribution in [0.2, 0.25) is 0 Å². The Labute approximate surface area is 179 Å². The predicted molar refractivity (Wildman–Crippen MR) is 114 cm³/mol. The number of amides is 1. The molecule has 1 saturated heterocycles. The van der Waals surface area contributed by atoms with Gasteiger partial charge in [0.2, 0.25) is 0 Å². The van der Waals surface area contributed by atoms with Crippen LogP contribution >= 0.6 is 0 Å². The van der Waals surface area contributed by atoms with Crippen molar-refractivity contribution in [2.24, 2.45) is 5.92 Å². The number of oxazole rings is 1. The van der Waals surface area contributed by atoms with E-state index in [1.165, 1.54) is 17.0 Å². The molecule has 1 amide bonds. The smallest absolute Gasteiger partial charge is 0.408 e. The summed E-state index contributed by atoms with van der Waals surface area (Å²) in [5.74, 6) is 10.2. The summed E-state index contributed by atoms with van der Waals surface area (Å²) in [6.45, 7) is 2.97. The van der Waals surface area contributed by atoms with E-state index >= 15 is 0 Å². The van der Waals surface area contributed by atoms with Gasteiger partial charge < -0.3 is 9.32 Å². The lowest BCUT2D eigenvalue weighted by Gasteiger charge is -2.32. The molecule has 2 heterocycles. The van der Waals surface area contributed by atoms with Crippen LogP contribution < -0.4 is 11.2 Å². The number of sulfone groups is 1. The average Bonchev–Trinajstić information content (AvgIpc) is 3.00. The summed E-state index contributed by atoms with van der Waals surface area (Å²) in [4.78, 5) is 26.4. The number of nitrogens with one attached hydrogen (secondary N) is 1. The van der Waals surface area contributed by atoms with E-state index in [1.807, 2.05) is 7.05 Å². The molecule has 1 atom stereocenters. The molecule has 0 spiro atoms. The third-order valence-electron chi connectivity index (χ3n) is 5.49. The van der Waals surface area contributed by atoms with Crippen LogP contribution in [0.5, 0.6) is 0 Å². The highest BCUT2D eigenvalue weighted by Gasteiger charge is 2.43. The predicted octanol–water partition coefficient (Wildman–Crippen LogP) is 0.210. The minimum Gasteiger partial charge on any atom is -0.408 e. The number of hydrogen-bond acceptors (Lipinski definition) is 7. The molecule has 0 bridgehead atoms. The number of hydroxylamine groups is 1. The Morgan fingerprint density at radius 1 is 1.35 bits per heavy atom. The lowest BCUT2D eigenvalue weighted by molar-refractivity contribution is -0.131. The van der Waals surface area contributed by atoms with Crippen LogP contribution in [0.25, 0.3) is 11.1 Å². The third-order valence-corrected chi connectivity index (χ3v) is 7.52. The zero-order chi connectivity index (χ0) is 22.8. The first-order valence-corrected chi connectivity index (χ1v) is 11.4. The maximum absolute atomic E-state index is 12.3. The summed E-state index contributed by atoms with van der Waals surface area (Å²) < 4.78 is 28.8. The van der Waals surface area contributed by atoms with Gasteiger partial charge in [-0.15, -0.1) is 0 Å². The molecule has 1 fully saturated rings. The van der Waals surface area contributed by atoms with Gasteiger partial charge in [-0.25, -0.2) is 18.7 Å². The normalized spacial score (nSPS) is 16.4. The van der Waals surface area contributed by atoms with Gasteiger partial charge in [0.05, 0.1) is 5.52 Å². The lowest BCUT2D eigenvalue weighted by atomic mass is 10.0. The first kappa shape index (κ1) is 22.6. The van der Waals surface area contributed by atoms with Crippen molar-refractivity contribution < 1.29 is 22.8 Å². The largest absolute Gasteiger partial charge is 0.419 e. The number of aryl methyl sites for hydroxylation is 1. The Balaban J connectivity index is 1.81. The molecule has 1 aliphatic rings. The molecule has 0 aliphatic carbocycles. The van der Waals surface area contributed by atoms with Gasteiger partial charge in [0.1, 0.15) is 0 Å². The second-order valence-electron chi connectivity index (χ2n) is 7.83. The van der Waals surface area contributed by atoms with Gasteiger partial charge in [0, 0.05) is 37.4 Å². The quantitative estimate of drug-likeness (QED) is 0.383. The van der Waals surface area contributed by atoms with E-state index < -0.39 is 26.2 Å². The number of aromatic nitrogens is 1. The number of fused-ring (bicyclic) bond motifs is 1. The van der Waals surface area contributed by atoms with Crippen LogP contribution in [0.4, 0.5) is 0 Å². The molecule has 1 unspecified atom stereocenters. The number of benzene rings is 1. The van der Waals surface area contributed by atoms with Crippen LogP contribution in [0.3, 0.4) is 0 Å². The zero-order valence-corrected chi connectivity index (χ0v) is 18.2. The SMILES string of the molecule is CN1CC(C#CC#Cc2ccc3c(c2)oc(=O)n3CCC(C)(C(=O)NO)S(C)(=O)=O)C1. The van der Waals surface area contributed by atoms with Crippen LogP contribution in [-0.4, -0.2) is 60.1 Å². The molecule has 2 N–H and O–H groups in total. The number of hydrogen-bond donors (Lipinski definition) is 2. The van der Waals surface area contributed by atoms with E-state index in [0.717, 1.165) is 19.3 Å². The van der Waals surface area contributed by atoms with Crippen molar-refractivity contribution in [1.82, 2.24) is 14.9 Å². The number of carbonyl (C=O) groups is 1. The van der Waals surface area contributed by atoms with Crippen LogP contribution in [0.1, 0.15) is 18.9 Å². The molecule has 2 aromatic rings. The van der Waals surface area contributed by atoms with Crippen LogP contribution in [0.15, 0.2) is 27.4 Å². The van der Waals surface area contributed by atoms with Gasteiger partial charge in [-0.2, -0.15) is 0 Å². The molecule has 1 aromatic carbocycles. The van der Waals surface area contributed by atoms with Crippen molar-refractivity contribution in [2.45, 2.75) is 24.6 Å². The number of rotatable bonds is 5. The summed E-state index contributed by atoms with van der Waals surface area (Å²) in [7, 11) is -1.84. The molecular weight excluding hydrogens is 422 g/mol. The third kappa shape index (κ3) is 4.67. The molecule has 1 aromatic heterocycles. The Kier molecular flexibility index (Phi) is 6.27. The van der Waals surface area contributed by atoms with E-state index in [4.69, 9.17) is 9.62 Å². The minimum absolute atomic E-state index is 0.102. The van der Waals surface area contributed by atoms with Crippen molar-refractivity contribution >= 4 is 26.8 Å². The van der Waals surface area contributed by atoms with E-state index in [0.29, 0.717) is 17.0 Å². The van der Waals surface area contributed by atoms with Crippen molar-refractivity contribution in [3.8, 4) is 23.7 Å². The fourth-order valence-electron chi connectivity index (χ4n) is 3.30. The lowest BCUT2D eigenvalue weighted by Crippen LogP contribution is -2.49. The van der Waals surface area contributed by atoms with Crippen LogP contribution in [-0.2, 0) is 21.2 Å². The first-order valence-electron chi connectivity index (χ1n) is 9.53. The highest BCUT2D eigenvalue weighted by Crippen LogP contribution is 2.23. The van der Waals surface area contributed by atoms with E-state index in [-0.39, 0.29) is 18.5 Å². The first-order chi connectivity index (χ1) is 14.5. The molecule has 0 radical (unpaired) electrons. The molecule has 3 rings (SSSR count). The summed E-state index contributed by atoms with van der Waals surface area (Å²) in [5, 5.41) is 8.92. The summed E-state index contributed by atoms with van der Waals surface area (Å²) in [5.41, 5.74) is 2.74. The monoisotopic (exact) mass is 445 g/mol. The molecule has 0 saturated carbocycles.